The van der Waals surface area contributed by atoms with Crippen molar-refractivity contribution in [2.75, 3.05) is 24.5 Å². The first-order valence-corrected chi connectivity index (χ1v) is 9.89. The Labute approximate surface area is 176 Å². The Balaban J connectivity index is 1.76. The fourth-order valence-corrected chi connectivity index (χ4v) is 3.73. The van der Waals surface area contributed by atoms with Crippen LogP contribution in [0.3, 0.4) is 0 Å². The molecular weight excluding hydrogens is 423 g/mol. The van der Waals surface area contributed by atoms with Gasteiger partial charge in [-0.25, -0.2) is 4.68 Å². The van der Waals surface area contributed by atoms with Gasteiger partial charge in [0.1, 0.15) is 12.1 Å². The van der Waals surface area contributed by atoms with Crippen LogP contribution in [0.2, 0.25) is 5.15 Å². The van der Waals surface area contributed by atoms with Crippen molar-refractivity contribution in [2.24, 2.45) is 5.92 Å². The van der Waals surface area contributed by atoms with Crippen LogP contribution in [0.25, 0.3) is 5.69 Å². The fraction of sp³-hybridized carbons (Fsp3) is 0.474. The molecule has 0 bridgehead atoms. The zero-order chi connectivity index (χ0) is 21.9. The normalized spacial score (nSPS) is 17.1. The summed E-state index contributed by atoms with van der Waals surface area (Å²) in [7, 11) is 0. The van der Waals surface area contributed by atoms with Crippen LogP contribution >= 0.6 is 11.6 Å². The predicted molar refractivity (Wildman–Crippen MR) is 104 cm³/mol. The van der Waals surface area contributed by atoms with Crippen LogP contribution in [0.5, 0.6) is 0 Å². The third-order valence-electron chi connectivity index (χ3n) is 4.91. The number of hydrogen-bond donors (Lipinski definition) is 0. The van der Waals surface area contributed by atoms with E-state index in [9.17, 15) is 22.8 Å². The molecule has 0 aromatic carbocycles. The topological polar surface area (TPSA) is 71.3 Å². The van der Waals surface area contributed by atoms with Crippen molar-refractivity contribution in [1.29, 1.82) is 0 Å². The minimum absolute atomic E-state index is 0.0430. The summed E-state index contributed by atoms with van der Waals surface area (Å²) in [6.07, 6.45) is -0.328. The van der Waals surface area contributed by atoms with Crippen molar-refractivity contribution in [2.45, 2.75) is 32.4 Å². The molecule has 0 saturated carbocycles. The number of carbonyl (C=O) groups excluding carboxylic acids is 2. The highest BCUT2D eigenvalue weighted by atomic mass is 35.5. The summed E-state index contributed by atoms with van der Waals surface area (Å²) in [6.45, 7) is 2.23. The highest BCUT2D eigenvalue weighted by Gasteiger charge is 2.37. The van der Waals surface area contributed by atoms with Crippen LogP contribution < -0.4 is 4.90 Å². The van der Waals surface area contributed by atoms with E-state index in [0.29, 0.717) is 30.8 Å². The van der Waals surface area contributed by atoms with Gasteiger partial charge in [-0.05, 0) is 31.9 Å². The number of anilines is 1. The SMILES string of the molecule is CCN(C(=O)C1CCCN(C(=O)CC(F)(F)F)C1)c1cn(-c2cccnc2)nc1Cl. The van der Waals surface area contributed by atoms with Gasteiger partial charge in [0.2, 0.25) is 11.8 Å². The first kappa shape index (κ1) is 22.1. The second-order valence-corrected chi connectivity index (χ2v) is 7.37. The number of nitrogens with zero attached hydrogens (tertiary/aromatic N) is 5. The summed E-state index contributed by atoms with van der Waals surface area (Å²) < 4.78 is 39.2. The number of aromatic nitrogens is 3. The van der Waals surface area contributed by atoms with Gasteiger partial charge in [-0.2, -0.15) is 18.3 Å². The molecule has 0 radical (unpaired) electrons. The van der Waals surface area contributed by atoms with Crippen molar-refractivity contribution in [3.63, 3.8) is 0 Å². The Morgan fingerprint density at radius 2 is 2.13 bits per heavy atom. The van der Waals surface area contributed by atoms with Gasteiger partial charge >= 0.3 is 6.18 Å². The second-order valence-electron chi connectivity index (χ2n) is 7.01. The predicted octanol–water partition coefficient (Wildman–Crippen LogP) is 3.46. The summed E-state index contributed by atoms with van der Waals surface area (Å²) in [4.78, 5) is 31.7. The highest BCUT2D eigenvalue weighted by molar-refractivity contribution is 6.32. The minimum atomic E-state index is -4.57. The lowest BCUT2D eigenvalue weighted by atomic mass is 9.96. The van der Waals surface area contributed by atoms with Gasteiger partial charge in [0.15, 0.2) is 5.15 Å². The van der Waals surface area contributed by atoms with Crippen LogP contribution in [-0.4, -0.2) is 57.3 Å². The van der Waals surface area contributed by atoms with E-state index in [2.05, 4.69) is 10.1 Å². The van der Waals surface area contributed by atoms with E-state index in [1.807, 2.05) is 0 Å². The van der Waals surface area contributed by atoms with Crippen molar-refractivity contribution >= 4 is 29.1 Å². The standard InChI is InChI=1S/C19H21ClF3N5O2/c1-2-27(15-12-28(25-17(15)20)14-6-3-7-24-10-14)18(30)13-5-4-8-26(11-13)16(29)9-19(21,22)23/h3,6-7,10,12-13H,2,4-5,8-9,11H2,1H3. The molecule has 1 atom stereocenters. The fourth-order valence-electron chi connectivity index (χ4n) is 3.50. The van der Waals surface area contributed by atoms with Gasteiger partial charge in [-0.15, -0.1) is 0 Å². The summed E-state index contributed by atoms with van der Waals surface area (Å²) in [5.74, 6) is -1.91. The first-order valence-electron chi connectivity index (χ1n) is 9.51. The summed E-state index contributed by atoms with van der Waals surface area (Å²) in [5, 5.41) is 4.34. The number of alkyl halides is 3. The largest absolute Gasteiger partial charge is 0.397 e. The van der Waals surface area contributed by atoms with Crippen LogP contribution in [0.15, 0.2) is 30.7 Å². The minimum Gasteiger partial charge on any atom is -0.342 e. The first-order chi connectivity index (χ1) is 14.2. The van der Waals surface area contributed by atoms with E-state index in [0.717, 1.165) is 4.90 Å². The Morgan fingerprint density at radius 1 is 1.37 bits per heavy atom. The van der Waals surface area contributed by atoms with E-state index < -0.39 is 24.4 Å². The van der Waals surface area contributed by atoms with Crippen LogP contribution in [0.4, 0.5) is 18.9 Å². The molecule has 2 aromatic heterocycles. The Bertz CT molecular complexity index is 903. The maximum atomic E-state index is 13.1. The molecule has 2 aromatic rings. The maximum Gasteiger partial charge on any atom is 0.397 e. The van der Waals surface area contributed by atoms with Crippen molar-refractivity contribution < 1.29 is 22.8 Å². The molecule has 11 heteroatoms. The molecule has 0 spiro atoms. The van der Waals surface area contributed by atoms with E-state index in [1.54, 1.807) is 37.6 Å². The number of hydrogen-bond acceptors (Lipinski definition) is 4. The number of piperidine rings is 1. The molecule has 1 saturated heterocycles. The zero-order valence-electron chi connectivity index (χ0n) is 16.3. The molecule has 0 aliphatic carbocycles. The van der Waals surface area contributed by atoms with E-state index in [4.69, 9.17) is 11.6 Å². The molecule has 162 valence electrons. The van der Waals surface area contributed by atoms with Crippen LogP contribution in [0.1, 0.15) is 26.2 Å². The van der Waals surface area contributed by atoms with Gasteiger partial charge in [0.25, 0.3) is 0 Å². The third-order valence-corrected chi connectivity index (χ3v) is 5.18. The lowest BCUT2D eigenvalue weighted by molar-refractivity contribution is -0.162. The van der Waals surface area contributed by atoms with Crippen molar-refractivity contribution in [3.8, 4) is 5.69 Å². The summed E-state index contributed by atoms with van der Waals surface area (Å²) >= 11 is 6.27. The monoisotopic (exact) mass is 443 g/mol. The second kappa shape index (κ2) is 9.03. The average Bonchev–Trinajstić information content (AvgIpc) is 3.09. The maximum absolute atomic E-state index is 13.1. The van der Waals surface area contributed by atoms with E-state index in [-0.39, 0.29) is 24.1 Å². The number of amides is 2. The number of rotatable bonds is 5. The molecule has 7 nitrogen and oxygen atoms in total. The highest BCUT2D eigenvalue weighted by Crippen LogP contribution is 2.30. The smallest absolute Gasteiger partial charge is 0.342 e. The molecule has 3 heterocycles. The molecule has 1 fully saturated rings. The van der Waals surface area contributed by atoms with Crippen LogP contribution in [-0.2, 0) is 9.59 Å². The van der Waals surface area contributed by atoms with Crippen molar-refractivity contribution in [1.82, 2.24) is 19.7 Å². The van der Waals surface area contributed by atoms with Gasteiger partial charge < -0.3 is 9.80 Å². The van der Waals surface area contributed by atoms with Gasteiger partial charge in [-0.3, -0.25) is 14.6 Å². The van der Waals surface area contributed by atoms with Gasteiger partial charge in [0, 0.05) is 25.8 Å². The number of halogens is 4. The molecule has 1 unspecified atom stereocenters. The molecule has 2 amide bonds. The third kappa shape index (κ3) is 5.10. The quantitative estimate of drug-likeness (QED) is 0.709. The number of likely N-dealkylation sites (tertiary alicyclic amines) is 1. The lowest BCUT2D eigenvalue weighted by Crippen LogP contribution is -2.47. The zero-order valence-corrected chi connectivity index (χ0v) is 17.0. The Kier molecular flexibility index (Phi) is 6.64. The molecule has 0 N–H and O–H groups in total. The molecule has 30 heavy (non-hydrogen) atoms. The Morgan fingerprint density at radius 3 is 2.77 bits per heavy atom. The molecule has 1 aliphatic rings. The van der Waals surface area contributed by atoms with Crippen molar-refractivity contribution in [3.05, 3.63) is 35.9 Å². The number of pyridine rings is 1. The molecule has 3 rings (SSSR count). The summed E-state index contributed by atoms with van der Waals surface area (Å²) in [6, 6.07) is 3.52. The molecule has 1 aliphatic heterocycles. The van der Waals surface area contributed by atoms with E-state index in [1.165, 1.54) is 9.58 Å². The lowest BCUT2D eigenvalue weighted by Gasteiger charge is -2.34. The number of carbonyl (C=O) groups is 2. The van der Waals surface area contributed by atoms with Gasteiger partial charge in [0.05, 0.1) is 24.0 Å². The van der Waals surface area contributed by atoms with Gasteiger partial charge in [-0.1, -0.05) is 11.6 Å². The summed E-state index contributed by atoms with van der Waals surface area (Å²) in [5.41, 5.74) is 1.06. The molecular formula is C19H21ClF3N5O2. The Hall–Kier alpha value is -2.62. The average molecular weight is 444 g/mol. The van der Waals surface area contributed by atoms with E-state index >= 15 is 0 Å². The van der Waals surface area contributed by atoms with Crippen LogP contribution in [0, 0.1) is 5.92 Å².